The molecule has 0 bridgehead atoms. The van der Waals surface area contributed by atoms with Crippen LogP contribution in [-0.4, -0.2) is 26.6 Å². The van der Waals surface area contributed by atoms with Crippen molar-refractivity contribution in [3.8, 4) is 0 Å². The second-order valence-corrected chi connectivity index (χ2v) is 4.24. The molecule has 1 aromatic carbocycles. The number of nitro benzene ring substituents is 1. The quantitative estimate of drug-likeness (QED) is 0.494. The number of nitro groups is 1. The number of hydrogen-bond donors (Lipinski definition) is 2. The van der Waals surface area contributed by atoms with Gasteiger partial charge in [-0.25, -0.2) is 4.39 Å². The van der Waals surface area contributed by atoms with Crippen LogP contribution in [0, 0.1) is 15.9 Å². The molecule has 2 N–H and O–H groups in total. The normalized spacial score (nSPS) is 14.4. The molecule has 0 heterocycles. The van der Waals surface area contributed by atoms with Gasteiger partial charge in [0.2, 0.25) is 0 Å². The molecule has 5 nitrogen and oxygen atoms in total. The summed E-state index contributed by atoms with van der Waals surface area (Å²) in [7, 11) is 0. The summed E-state index contributed by atoms with van der Waals surface area (Å²) in [5, 5.41) is 30.4. The second kappa shape index (κ2) is 6.04. The predicted molar refractivity (Wildman–Crippen MR) is 62.4 cm³/mol. The molecule has 0 saturated carbocycles. The van der Waals surface area contributed by atoms with Gasteiger partial charge in [0.15, 0.2) is 0 Å². The lowest BCUT2D eigenvalue weighted by Gasteiger charge is -2.17. The Balaban J connectivity index is 3.08. The van der Waals surface area contributed by atoms with Crippen molar-refractivity contribution in [3.05, 3.63) is 39.7 Å². The number of nitrogens with zero attached hydrogens (tertiary/aromatic N) is 1. The van der Waals surface area contributed by atoms with Crippen LogP contribution in [0.4, 0.5) is 10.1 Å². The maximum atomic E-state index is 12.9. The van der Waals surface area contributed by atoms with Crippen LogP contribution in [0.5, 0.6) is 0 Å². The second-order valence-electron chi connectivity index (χ2n) is 3.45. The molecular formula is C10H11BrFNO4. The van der Waals surface area contributed by atoms with Crippen LogP contribution in [0.15, 0.2) is 18.2 Å². The van der Waals surface area contributed by atoms with Crippen molar-refractivity contribution in [2.24, 2.45) is 0 Å². The Hall–Kier alpha value is -1.05. The summed E-state index contributed by atoms with van der Waals surface area (Å²) in [6, 6.07) is 2.83. The maximum absolute atomic E-state index is 12.9. The molecule has 1 aromatic rings. The number of aliphatic hydroxyl groups is 2. The first-order valence-electron chi connectivity index (χ1n) is 4.83. The van der Waals surface area contributed by atoms with E-state index in [4.69, 9.17) is 0 Å². The van der Waals surface area contributed by atoms with Crippen LogP contribution in [-0.2, 0) is 0 Å². The first kappa shape index (κ1) is 14.0. The molecule has 0 fully saturated rings. The van der Waals surface area contributed by atoms with Gasteiger partial charge in [-0.15, -0.1) is 0 Å². The Bertz CT molecular complexity index is 415. The summed E-state index contributed by atoms with van der Waals surface area (Å²) in [6.07, 6.45) is -2.32. The highest BCUT2D eigenvalue weighted by molar-refractivity contribution is 9.09. The predicted octanol–water partition coefficient (Wildman–Crippen LogP) is 1.91. The van der Waals surface area contributed by atoms with E-state index in [1.54, 1.807) is 0 Å². The average molecular weight is 308 g/mol. The van der Waals surface area contributed by atoms with Crippen LogP contribution in [0.1, 0.15) is 18.1 Å². The Morgan fingerprint density at radius 2 is 2.12 bits per heavy atom. The molecule has 1 rings (SSSR count). The van der Waals surface area contributed by atoms with Crippen LogP contribution >= 0.6 is 15.9 Å². The average Bonchev–Trinajstić information content (AvgIpc) is 2.28. The molecule has 17 heavy (non-hydrogen) atoms. The molecule has 0 saturated heterocycles. The summed E-state index contributed by atoms with van der Waals surface area (Å²) < 4.78 is 12.9. The van der Waals surface area contributed by atoms with E-state index in [-0.39, 0.29) is 12.0 Å². The number of rotatable bonds is 5. The lowest BCUT2D eigenvalue weighted by molar-refractivity contribution is -0.386. The van der Waals surface area contributed by atoms with Gasteiger partial charge in [-0.1, -0.05) is 15.9 Å². The summed E-state index contributed by atoms with van der Waals surface area (Å²) in [4.78, 5) is 9.91. The van der Waals surface area contributed by atoms with Gasteiger partial charge >= 0.3 is 0 Å². The van der Waals surface area contributed by atoms with Crippen molar-refractivity contribution < 1.29 is 19.5 Å². The highest BCUT2D eigenvalue weighted by atomic mass is 79.9. The van der Waals surface area contributed by atoms with Crippen molar-refractivity contribution in [2.45, 2.75) is 18.6 Å². The molecule has 0 aliphatic rings. The minimum atomic E-state index is -1.41. The molecule has 7 heteroatoms. The fourth-order valence-electron chi connectivity index (χ4n) is 1.40. The molecule has 94 valence electrons. The Labute approximate surface area is 105 Å². The molecular weight excluding hydrogens is 297 g/mol. The molecule has 2 unspecified atom stereocenters. The SMILES string of the molecule is O=[N+]([O-])c1cc(F)ccc1C(O)C(O)CCBr. The minimum Gasteiger partial charge on any atom is -0.390 e. The number of benzene rings is 1. The maximum Gasteiger partial charge on any atom is 0.278 e. The standard InChI is InChI=1S/C10H11BrFNO4/c11-4-3-9(14)10(15)7-2-1-6(12)5-8(7)13(16)17/h1-2,5,9-10,14-15H,3-4H2. The molecule has 0 radical (unpaired) electrons. The van der Waals surface area contributed by atoms with E-state index in [1.807, 2.05) is 0 Å². The van der Waals surface area contributed by atoms with Gasteiger partial charge in [0.25, 0.3) is 5.69 Å². The highest BCUT2D eigenvalue weighted by Crippen LogP contribution is 2.29. The number of aliphatic hydroxyl groups excluding tert-OH is 2. The van der Waals surface area contributed by atoms with Gasteiger partial charge in [0.1, 0.15) is 11.9 Å². The smallest absolute Gasteiger partial charge is 0.278 e. The van der Waals surface area contributed by atoms with Gasteiger partial charge in [-0.2, -0.15) is 0 Å². The molecule has 0 aliphatic heterocycles. The van der Waals surface area contributed by atoms with E-state index in [9.17, 15) is 24.7 Å². The first-order valence-corrected chi connectivity index (χ1v) is 5.95. The summed E-state index contributed by atoms with van der Waals surface area (Å²) >= 11 is 3.08. The molecule has 0 spiro atoms. The fourth-order valence-corrected chi connectivity index (χ4v) is 1.87. The van der Waals surface area contributed by atoms with Crippen molar-refractivity contribution in [3.63, 3.8) is 0 Å². The molecule has 0 aromatic heterocycles. The Morgan fingerprint density at radius 3 is 2.65 bits per heavy atom. The van der Waals surface area contributed by atoms with Crippen molar-refractivity contribution in [1.82, 2.24) is 0 Å². The van der Waals surface area contributed by atoms with Gasteiger partial charge < -0.3 is 10.2 Å². The number of hydrogen-bond acceptors (Lipinski definition) is 4. The molecule has 0 aliphatic carbocycles. The van der Waals surface area contributed by atoms with E-state index < -0.39 is 28.6 Å². The van der Waals surface area contributed by atoms with Crippen LogP contribution in [0.2, 0.25) is 0 Å². The highest BCUT2D eigenvalue weighted by Gasteiger charge is 2.26. The van der Waals surface area contributed by atoms with E-state index in [0.717, 1.165) is 18.2 Å². The largest absolute Gasteiger partial charge is 0.390 e. The minimum absolute atomic E-state index is 0.0927. The summed E-state index contributed by atoms with van der Waals surface area (Å²) in [5.74, 6) is -0.761. The third kappa shape index (κ3) is 3.45. The van der Waals surface area contributed by atoms with E-state index in [2.05, 4.69) is 15.9 Å². The van der Waals surface area contributed by atoms with Gasteiger partial charge in [0, 0.05) is 5.33 Å². The monoisotopic (exact) mass is 307 g/mol. The summed E-state index contributed by atoms with van der Waals surface area (Å²) in [5.41, 5.74) is -0.629. The third-order valence-electron chi connectivity index (χ3n) is 2.28. The van der Waals surface area contributed by atoms with Crippen molar-refractivity contribution in [1.29, 1.82) is 0 Å². The van der Waals surface area contributed by atoms with E-state index in [1.165, 1.54) is 0 Å². The zero-order chi connectivity index (χ0) is 13.0. The topological polar surface area (TPSA) is 83.6 Å². The summed E-state index contributed by atoms with van der Waals surface area (Å²) in [6.45, 7) is 0. The number of halogens is 2. The zero-order valence-corrected chi connectivity index (χ0v) is 10.3. The van der Waals surface area contributed by atoms with Crippen LogP contribution < -0.4 is 0 Å². The third-order valence-corrected chi connectivity index (χ3v) is 2.73. The Kier molecular flexibility index (Phi) is 4.98. The van der Waals surface area contributed by atoms with Crippen LogP contribution in [0.25, 0.3) is 0 Å². The van der Waals surface area contributed by atoms with Gasteiger partial charge in [0.05, 0.1) is 22.7 Å². The first-order chi connectivity index (χ1) is 7.97. The number of alkyl halides is 1. The zero-order valence-electron chi connectivity index (χ0n) is 8.72. The van der Waals surface area contributed by atoms with E-state index in [0.29, 0.717) is 5.33 Å². The molecule has 2 atom stereocenters. The lowest BCUT2D eigenvalue weighted by atomic mass is 10.0. The van der Waals surface area contributed by atoms with Crippen molar-refractivity contribution in [2.75, 3.05) is 5.33 Å². The Morgan fingerprint density at radius 1 is 1.47 bits per heavy atom. The van der Waals surface area contributed by atoms with Crippen molar-refractivity contribution >= 4 is 21.6 Å². The lowest BCUT2D eigenvalue weighted by Crippen LogP contribution is -2.19. The fraction of sp³-hybridized carbons (Fsp3) is 0.400. The molecule has 0 amide bonds. The van der Waals surface area contributed by atoms with Gasteiger partial charge in [-0.3, -0.25) is 10.1 Å². The van der Waals surface area contributed by atoms with E-state index >= 15 is 0 Å². The van der Waals surface area contributed by atoms with Gasteiger partial charge in [-0.05, 0) is 18.6 Å². The van der Waals surface area contributed by atoms with Crippen LogP contribution in [0.3, 0.4) is 0 Å².